The minimum Gasteiger partial charge on any atom is -0.494 e. The van der Waals surface area contributed by atoms with E-state index in [2.05, 4.69) is 9.97 Å². The third-order valence-electron chi connectivity index (χ3n) is 3.97. The van der Waals surface area contributed by atoms with Gasteiger partial charge in [0.05, 0.1) is 7.11 Å². The molecule has 6 nitrogen and oxygen atoms in total. The van der Waals surface area contributed by atoms with Crippen LogP contribution in [-0.2, 0) is 0 Å². The van der Waals surface area contributed by atoms with Crippen molar-refractivity contribution in [2.75, 3.05) is 20.2 Å². The molecule has 0 unspecified atom stereocenters. The lowest BCUT2D eigenvalue weighted by molar-refractivity contribution is 0.0587. The molecule has 0 atom stereocenters. The van der Waals surface area contributed by atoms with Gasteiger partial charge < -0.3 is 14.4 Å². The van der Waals surface area contributed by atoms with Gasteiger partial charge in [-0.15, -0.1) is 0 Å². The van der Waals surface area contributed by atoms with Crippen LogP contribution < -0.4 is 9.47 Å². The number of rotatable bonds is 4. The Labute approximate surface area is 139 Å². The third-order valence-corrected chi connectivity index (χ3v) is 3.97. The number of hydrogen-bond acceptors (Lipinski definition) is 5. The van der Waals surface area contributed by atoms with E-state index in [1.165, 1.54) is 25.6 Å². The molecular formula is C17H18FN3O3. The fraction of sp³-hybridized carbons (Fsp3) is 0.353. The topological polar surface area (TPSA) is 64.5 Å². The number of piperidine rings is 1. The summed E-state index contributed by atoms with van der Waals surface area (Å²) in [7, 11) is 1.39. The van der Waals surface area contributed by atoms with Crippen LogP contribution in [0.15, 0.2) is 36.8 Å². The Balaban J connectivity index is 1.58. The summed E-state index contributed by atoms with van der Waals surface area (Å²) in [6.07, 6.45) is 4.48. The largest absolute Gasteiger partial charge is 0.494 e. The van der Waals surface area contributed by atoms with Gasteiger partial charge >= 0.3 is 0 Å². The first-order chi connectivity index (χ1) is 11.7. The first-order valence-electron chi connectivity index (χ1n) is 7.73. The highest BCUT2D eigenvalue weighted by Crippen LogP contribution is 2.21. The van der Waals surface area contributed by atoms with Gasteiger partial charge in [-0.1, -0.05) is 0 Å². The maximum absolute atomic E-state index is 13.8. The van der Waals surface area contributed by atoms with E-state index in [1.54, 1.807) is 23.2 Å². The van der Waals surface area contributed by atoms with Crippen molar-refractivity contribution in [2.24, 2.45) is 0 Å². The zero-order valence-corrected chi connectivity index (χ0v) is 13.3. The number of benzene rings is 1. The molecule has 7 heteroatoms. The van der Waals surface area contributed by atoms with Crippen LogP contribution in [0, 0.1) is 5.82 Å². The second-order valence-electron chi connectivity index (χ2n) is 5.51. The van der Waals surface area contributed by atoms with Gasteiger partial charge in [0, 0.05) is 43.8 Å². The monoisotopic (exact) mass is 331 g/mol. The van der Waals surface area contributed by atoms with Gasteiger partial charge in [0.25, 0.3) is 5.91 Å². The van der Waals surface area contributed by atoms with Crippen LogP contribution in [-0.4, -0.2) is 47.1 Å². The molecule has 2 heterocycles. The number of ether oxygens (including phenoxy) is 2. The zero-order valence-electron chi connectivity index (χ0n) is 13.3. The Hall–Kier alpha value is -2.70. The molecule has 0 N–H and O–H groups in total. The number of amides is 1. The lowest BCUT2D eigenvalue weighted by Gasteiger charge is -2.32. The average molecular weight is 331 g/mol. The summed E-state index contributed by atoms with van der Waals surface area (Å²) in [5.41, 5.74) is 0.323. The maximum atomic E-state index is 13.8. The Morgan fingerprint density at radius 3 is 2.71 bits per heavy atom. The molecule has 1 aromatic heterocycles. The molecule has 3 rings (SSSR count). The zero-order chi connectivity index (χ0) is 16.9. The van der Waals surface area contributed by atoms with Crippen molar-refractivity contribution in [3.05, 3.63) is 48.2 Å². The van der Waals surface area contributed by atoms with Gasteiger partial charge in [0.15, 0.2) is 11.6 Å². The number of carbonyl (C=O) groups is 1. The summed E-state index contributed by atoms with van der Waals surface area (Å²) in [6.45, 7) is 1.12. The van der Waals surface area contributed by atoms with Crippen molar-refractivity contribution in [3.8, 4) is 11.6 Å². The Morgan fingerprint density at radius 1 is 1.29 bits per heavy atom. The molecule has 1 fully saturated rings. The van der Waals surface area contributed by atoms with Crippen LogP contribution >= 0.6 is 0 Å². The van der Waals surface area contributed by atoms with E-state index < -0.39 is 5.82 Å². The average Bonchev–Trinajstić information content (AvgIpc) is 2.62. The Kier molecular flexibility index (Phi) is 4.88. The van der Waals surface area contributed by atoms with E-state index in [1.807, 2.05) is 0 Å². The fourth-order valence-corrected chi connectivity index (χ4v) is 2.68. The van der Waals surface area contributed by atoms with E-state index >= 15 is 0 Å². The molecular weight excluding hydrogens is 313 g/mol. The molecule has 1 aliphatic heterocycles. The summed E-state index contributed by atoms with van der Waals surface area (Å²) in [4.78, 5) is 22.1. The van der Waals surface area contributed by atoms with E-state index in [0.29, 0.717) is 37.4 Å². The summed E-state index contributed by atoms with van der Waals surface area (Å²) in [5, 5.41) is 0. The molecule has 0 radical (unpaired) electrons. The Morgan fingerprint density at radius 2 is 2.08 bits per heavy atom. The first-order valence-corrected chi connectivity index (χ1v) is 7.73. The molecule has 0 saturated carbocycles. The normalized spacial score (nSPS) is 15.2. The van der Waals surface area contributed by atoms with Crippen LogP contribution in [0.1, 0.15) is 23.2 Å². The summed E-state index contributed by atoms with van der Waals surface area (Å²) < 4.78 is 24.4. The van der Waals surface area contributed by atoms with Crippen molar-refractivity contribution in [2.45, 2.75) is 18.9 Å². The summed E-state index contributed by atoms with van der Waals surface area (Å²) in [6, 6.07) is 5.96. The van der Waals surface area contributed by atoms with Gasteiger partial charge in [-0.25, -0.2) is 14.4 Å². The van der Waals surface area contributed by atoms with E-state index in [4.69, 9.17) is 9.47 Å². The second kappa shape index (κ2) is 7.25. The predicted octanol–water partition coefficient (Wildman–Crippen LogP) is 2.31. The number of methoxy groups -OCH3 is 1. The minimum absolute atomic E-state index is 0.0107. The van der Waals surface area contributed by atoms with Crippen molar-refractivity contribution >= 4 is 5.91 Å². The van der Waals surface area contributed by atoms with E-state index in [9.17, 15) is 9.18 Å². The quantitative estimate of drug-likeness (QED) is 0.860. The van der Waals surface area contributed by atoms with Crippen molar-refractivity contribution < 1.29 is 18.7 Å². The third kappa shape index (κ3) is 3.61. The van der Waals surface area contributed by atoms with Gasteiger partial charge in [-0.05, 0) is 18.2 Å². The van der Waals surface area contributed by atoms with Crippen LogP contribution in [0.5, 0.6) is 11.6 Å². The van der Waals surface area contributed by atoms with Crippen LogP contribution in [0.3, 0.4) is 0 Å². The lowest BCUT2D eigenvalue weighted by atomic mass is 10.1. The van der Waals surface area contributed by atoms with Crippen LogP contribution in [0.2, 0.25) is 0 Å². The highest BCUT2D eigenvalue weighted by molar-refractivity contribution is 5.94. The molecule has 1 saturated heterocycles. The maximum Gasteiger partial charge on any atom is 0.253 e. The number of aromatic nitrogens is 2. The number of halogens is 1. The Bertz CT molecular complexity index is 703. The number of likely N-dealkylation sites (tertiary alicyclic amines) is 1. The predicted molar refractivity (Wildman–Crippen MR) is 84.5 cm³/mol. The van der Waals surface area contributed by atoms with E-state index in [-0.39, 0.29) is 17.8 Å². The summed E-state index contributed by atoms with van der Waals surface area (Å²) >= 11 is 0. The minimum atomic E-state index is -0.537. The molecule has 0 aliphatic carbocycles. The molecule has 1 amide bonds. The van der Waals surface area contributed by atoms with Gasteiger partial charge in [-0.2, -0.15) is 0 Å². The van der Waals surface area contributed by atoms with Crippen molar-refractivity contribution in [3.63, 3.8) is 0 Å². The number of nitrogens with zero attached hydrogens (tertiary/aromatic N) is 3. The molecule has 24 heavy (non-hydrogen) atoms. The van der Waals surface area contributed by atoms with Crippen LogP contribution in [0.25, 0.3) is 0 Å². The fourth-order valence-electron chi connectivity index (χ4n) is 2.68. The summed E-state index contributed by atoms with van der Waals surface area (Å²) in [5.74, 6) is -0.0575. The van der Waals surface area contributed by atoms with Gasteiger partial charge in [0.2, 0.25) is 5.88 Å². The molecule has 1 aliphatic rings. The SMILES string of the molecule is COc1ccc(C(=O)N2CCC(Oc3ccncn3)CC2)cc1F. The molecule has 2 aromatic rings. The van der Waals surface area contributed by atoms with Crippen molar-refractivity contribution in [1.29, 1.82) is 0 Å². The smallest absolute Gasteiger partial charge is 0.253 e. The first kappa shape index (κ1) is 16.2. The second-order valence-corrected chi connectivity index (χ2v) is 5.51. The number of carbonyl (C=O) groups excluding carboxylic acids is 1. The van der Waals surface area contributed by atoms with E-state index in [0.717, 1.165) is 0 Å². The lowest BCUT2D eigenvalue weighted by Crippen LogP contribution is -2.41. The molecule has 126 valence electrons. The highest BCUT2D eigenvalue weighted by Gasteiger charge is 2.25. The standard InChI is InChI=1S/C17H18FN3O3/c1-23-15-3-2-12(10-14(15)18)17(22)21-8-5-13(6-9-21)24-16-4-7-19-11-20-16/h2-4,7,10-11,13H,5-6,8-9H2,1H3. The van der Waals surface area contributed by atoms with Crippen LogP contribution in [0.4, 0.5) is 4.39 Å². The van der Waals surface area contributed by atoms with Crippen molar-refractivity contribution in [1.82, 2.24) is 14.9 Å². The molecule has 0 bridgehead atoms. The molecule has 0 spiro atoms. The van der Waals surface area contributed by atoms with Gasteiger partial charge in [0.1, 0.15) is 12.4 Å². The number of hydrogen-bond donors (Lipinski definition) is 0. The molecule has 1 aromatic carbocycles. The highest BCUT2D eigenvalue weighted by atomic mass is 19.1. The van der Waals surface area contributed by atoms with Gasteiger partial charge in [-0.3, -0.25) is 4.79 Å².